The molecule has 1 saturated heterocycles. The summed E-state index contributed by atoms with van der Waals surface area (Å²) >= 11 is 3.28. The fourth-order valence-electron chi connectivity index (χ4n) is 2.57. The number of nitrogens with zero attached hydrogens (tertiary/aromatic N) is 1. The first kappa shape index (κ1) is 17.4. The van der Waals surface area contributed by atoms with Crippen molar-refractivity contribution in [3.8, 4) is 0 Å². The molecule has 1 fully saturated rings. The average Bonchev–Trinajstić information content (AvgIpc) is 2.47. The van der Waals surface area contributed by atoms with Crippen molar-refractivity contribution in [2.24, 2.45) is 5.73 Å². The van der Waals surface area contributed by atoms with Gasteiger partial charge < -0.3 is 10.6 Å². The number of rotatable bonds is 5. The van der Waals surface area contributed by atoms with Crippen molar-refractivity contribution in [3.63, 3.8) is 0 Å². The topological polar surface area (TPSA) is 80.5 Å². The highest BCUT2D eigenvalue weighted by atomic mass is 79.9. The third-order valence-corrected chi connectivity index (χ3v) is 6.13. The van der Waals surface area contributed by atoms with Crippen LogP contribution in [0.5, 0.6) is 0 Å². The Bertz CT molecular complexity index is 616. The zero-order valence-electron chi connectivity index (χ0n) is 12.4. The lowest BCUT2D eigenvalue weighted by Gasteiger charge is -2.30. The van der Waals surface area contributed by atoms with Crippen LogP contribution in [0.15, 0.2) is 33.6 Å². The predicted octanol–water partition coefficient (Wildman–Crippen LogP) is 1.95. The maximum absolute atomic E-state index is 12.2. The highest BCUT2D eigenvalue weighted by molar-refractivity contribution is 9.10. The molecule has 0 radical (unpaired) electrons. The van der Waals surface area contributed by atoms with Gasteiger partial charge in [-0.1, -0.05) is 15.9 Å². The first-order chi connectivity index (χ1) is 10.4. The van der Waals surface area contributed by atoms with E-state index in [1.807, 2.05) is 0 Å². The Kier molecular flexibility index (Phi) is 6.00. The number of halogens is 1. The SMILES string of the molecule is N[C@H]1CCCN(C(=O)CCCS(=O)(=O)c2ccc(Br)cc2)C1. The van der Waals surface area contributed by atoms with Crippen LogP contribution >= 0.6 is 15.9 Å². The number of piperidine rings is 1. The molecule has 1 aliphatic heterocycles. The van der Waals surface area contributed by atoms with Crippen molar-refractivity contribution < 1.29 is 13.2 Å². The Morgan fingerprint density at radius 2 is 2.00 bits per heavy atom. The Morgan fingerprint density at radius 3 is 2.64 bits per heavy atom. The number of likely N-dealkylation sites (tertiary alicyclic amines) is 1. The molecular formula is C15H21BrN2O3S. The van der Waals surface area contributed by atoms with Crippen molar-refractivity contribution in [1.29, 1.82) is 0 Å². The minimum absolute atomic E-state index is 0.00107. The Labute approximate surface area is 139 Å². The van der Waals surface area contributed by atoms with Crippen molar-refractivity contribution in [2.45, 2.75) is 36.6 Å². The number of nitrogens with two attached hydrogens (primary N) is 1. The standard InChI is InChI=1S/C15H21BrN2O3S/c16-12-5-7-14(8-6-12)22(20,21)10-2-4-15(19)18-9-1-3-13(17)11-18/h5-8,13H,1-4,9-11,17H2/t13-/m0/s1. The largest absolute Gasteiger partial charge is 0.341 e. The van der Waals surface area contributed by atoms with Crippen LogP contribution in [0.3, 0.4) is 0 Å². The third-order valence-electron chi connectivity index (χ3n) is 3.79. The second-order valence-corrected chi connectivity index (χ2v) is 8.64. The van der Waals surface area contributed by atoms with Crippen LogP contribution in [0, 0.1) is 0 Å². The van der Waals surface area contributed by atoms with Crippen LogP contribution in [0.1, 0.15) is 25.7 Å². The van der Waals surface area contributed by atoms with Crippen LogP contribution in [0.25, 0.3) is 0 Å². The molecule has 7 heteroatoms. The highest BCUT2D eigenvalue weighted by Crippen LogP contribution is 2.17. The van der Waals surface area contributed by atoms with Gasteiger partial charge in [0.15, 0.2) is 9.84 Å². The van der Waals surface area contributed by atoms with Gasteiger partial charge in [0.2, 0.25) is 5.91 Å². The number of carbonyl (C=O) groups is 1. The summed E-state index contributed by atoms with van der Waals surface area (Å²) in [6, 6.07) is 6.60. The molecule has 0 saturated carbocycles. The molecule has 1 aliphatic rings. The minimum Gasteiger partial charge on any atom is -0.341 e. The molecule has 0 unspecified atom stereocenters. The Hall–Kier alpha value is -0.920. The number of hydrogen-bond donors (Lipinski definition) is 1. The van der Waals surface area contributed by atoms with Gasteiger partial charge in [-0.2, -0.15) is 0 Å². The average molecular weight is 389 g/mol. The number of carbonyl (C=O) groups excluding carboxylic acids is 1. The van der Waals surface area contributed by atoms with Gasteiger partial charge in [0.25, 0.3) is 0 Å². The van der Waals surface area contributed by atoms with Gasteiger partial charge in [0.1, 0.15) is 0 Å². The smallest absolute Gasteiger partial charge is 0.222 e. The molecule has 0 spiro atoms. The van der Waals surface area contributed by atoms with Gasteiger partial charge in [0, 0.05) is 30.0 Å². The van der Waals surface area contributed by atoms with Crippen molar-refractivity contribution in [1.82, 2.24) is 4.90 Å². The maximum atomic E-state index is 12.2. The third kappa shape index (κ3) is 4.79. The number of hydrogen-bond acceptors (Lipinski definition) is 4. The zero-order valence-corrected chi connectivity index (χ0v) is 14.8. The minimum atomic E-state index is -3.33. The molecule has 1 aromatic carbocycles. The molecule has 0 aromatic heterocycles. The highest BCUT2D eigenvalue weighted by Gasteiger charge is 2.22. The number of sulfone groups is 1. The van der Waals surface area contributed by atoms with E-state index in [0.29, 0.717) is 17.9 Å². The quantitative estimate of drug-likeness (QED) is 0.835. The lowest BCUT2D eigenvalue weighted by atomic mass is 10.1. The fraction of sp³-hybridized carbons (Fsp3) is 0.533. The van der Waals surface area contributed by atoms with Crippen molar-refractivity contribution in [3.05, 3.63) is 28.7 Å². The lowest BCUT2D eigenvalue weighted by molar-refractivity contribution is -0.132. The van der Waals surface area contributed by atoms with Crippen LogP contribution in [0.4, 0.5) is 0 Å². The summed E-state index contributed by atoms with van der Waals surface area (Å²) in [5.41, 5.74) is 5.86. The van der Waals surface area contributed by atoms with E-state index in [-0.39, 0.29) is 24.1 Å². The first-order valence-electron chi connectivity index (χ1n) is 7.40. The molecule has 0 aliphatic carbocycles. The zero-order chi connectivity index (χ0) is 16.2. The van der Waals surface area contributed by atoms with Crippen molar-refractivity contribution >= 4 is 31.7 Å². The van der Waals surface area contributed by atoms with Crippen molar-refractivity contribution in [2.75, 3.05) is 18.8 Å². The normalized spacial score (nSPS) is 19.2. The summed E-state index contributed by atoms with van der Waals surface area (Å²) < 4.78 is 25.2. The van der Waals surface area contributed by atoms with E-state index in [9.17, 15) is 13.2 Å². The van der Waals surface area contributed by atoms with Crippen LogP contribution in [-0.4, -0.2) is 44.1 Å². The molecule has 5 nitrogen and oxygen atoms in total. The second-order valence-electron chi connectivity index (χ2n) is 5.62. The van der Waals surface area contributed by atoms with Gasteiger partial charge in [-0.05, 0) is 43.5 Å². The molecule has 1 amide bonds. The molecule has 122 valence electrons. The molecule has 2 rings (SSSR count). The summed E-state index contributed by atoms with van der Waals surface area (Å²) in [4.78, 5) is 14.1. The van der Waals surface area contributed by atoms with Gasteiger partial charge in [-0.3, -0.25) is 4.79 Å². The monoisotopic (exact) mass is 388 g/mol. The molecule has 22 heavy (non-hydrogen) atoms. The Morgan fingerprint density at radius 1 is 1.32 bits per heavy atom. The summed E-state index contributed by atoms with van der Waals surface area (Å²) in [6.45, 7) is 1.31. The molecule has 2 N–H and O–H groups in total. The fourth-order valence-corrected chi connectivity index (χ4v) is 4.14. The van der Waals surface area contributed by atoms with Crippen LogP contribution in [0.2, 0.25) is 0 Å². The van der Waals surface area contributed by atoms with Gasteiger partial charge in [0.05, 0.1) is 10.6 Å². The van der Waals surface area contributed by atoms with Gasteiger partial charge >= 0.3 is 0 Å². The number of amides is 1. The maximum Gasteiger partial charge on any atom is 0.222 e. The van der Waals surface area contributed by atoms with E-state index in [0.717, 1.165) is 23.9 Å². The summed E-state index contributed by atoms with van der Waals surface area (Å²) in [5, 5.41) is 0. The van der Waals surface area contributed by atoms with Gasteiger partial charge in [-0.15, -0.1) is 0 Å². The van der Waals surface area contributed by atoms with E-state index < -0.39 is 9.84 Å². The lowest BCUT2D eigenvalue weighted by Crippen LogP contribution is -2.45. The van der Waals surface area contributed by atoms with E-state index >= 15 is 0 Å². The van der Waals surface area contributed by atoms with Crippen LogP contribution in [-0.2, 0) is 14.6 Å². The summed E-state index contributed by atoms with van der Waals surface area (Å²) in [6.07, 6.45) is 2.46. The predicted molar refractivity (Wildman–Crippen MR) is 89.2 cm³/mol. The first-order valence-corrected chi connectivity index (χ1v) is 9.85. The van der Waals surface area contributed by atoms with Crippen LogP contribution < -0.4 is 5.73 Å². The molecule has 1 heterocycles. The molecular weight excluding hydrogens is 368 g/mol. The number of benzene rings is 1. The second kappa shape index (κ2) is 7.57. The van der Waals surface area contributed by atoms with E-state index in [1.165, 1.54) is 0 Å². The summed E-state index contributed by atoms with van der Waals surface area (Å²) in [7, 11) is -3.33. The van der Waals surface area contributed by atoms with E-state index in [4.69, 9.17) is 5.73 Å². The molecule has 0 bridgehead atoms. The summed E-state index contributed by atoms with van der Waals surface area (Å²) in [5.74, 6) is -0.0126. The van der Waals surface area contributed by atoms with E-state index in [1.54, 1.807) is 29.2 Å². The molecule has 1 aromatic rings. The van der Waals surface area contributed by atoms with E-state index in [2.05, 4.69) is 15.9 Å². The Balaban J connectivity index is 1.84. The van der Waals surface area contributed by atoms with Gasteiger partial charge in [-0.25, -0.2) is 8.42 Å². The molecule has 1 atom stereocenters.